The van der Waals surface area contributed by atoms with Gasteiger partial charge in [-0.3, -0.25) is 28.8 Å². The molecule has 1 aliphatic heterocycles. The minimum Gasteiger partial charge on any atom is -0.480 e. The van der Waals surface area contributed by atoms with Gasteiger partial charge in [0.25, 0.3) is 23.6 Å². The molecule has 0 aliphatic carbocycles. The van der Waals surface area contributed by atoms with Crippen LogP contribution in [0.5, 0.6) is 0 Å². The third-order valence-electron chi connectivity index (χ3n) is 10.5. The molecule has 4 aromatic heterocycles. The Labute approximate surface area is 346 Å². The Balaban J connectivity index is 1.72. The van der Waals surface area contributed by atoms with Crippen LogP contribution in [-0.2, 0) is 22.7 Å². The summed E-state index contributed by atoms with van der Waals surface area (Å²) in [6, 6.07) is -3.64. The number of fused-ring (bicyclic) bond motifs is 8. The van der Waals surface area contributed by atoms with E-state index in [9.17, 15) is 39.0 Å². The van der Waals surface area contributed by atoms with Crippen molar-refractivity contribution < 1.29 is 47.8 Å². The van der Waals surface area contributed by atoms with Gasteiger partial charge in [0.2, 0.25) is 11.8 Å². The number of nitrogens with one attached hydrogen (secondary N) is 4. The second-order valence-corrected chi connectivity index (χ2v) is 16.5. The van der Waals surface area contributed by atoms with Crippen molar-refractivity contribution in [2.45, 2.75) is 120 Å². The third-order valence-corrected chi connectivity index (χ3v) is 10.5. The van der Waals surface area contributed by atoms with E-state index in [0.29, 0.717) is 0 Å². The molecule has 0 unspecified atom stereocenters. The van der Waals surface area contributed by atoms with Crippen LogP contribution in [0.15, 0.2) is 8.83 Å². The molecule has 324 valence electrons. The van der Waals surface area contributed by atoms with Crippen molar-refractivity contribution in [1.82, 2.24) is 50.3 Å². The number of nitrogens with zero attached hydrogens (tertiary/aromatic N) is 6. The van der Waals surface area contributed by atoms with Gasteiger partial charge in [-0.1, -0.05) is 55.4 Å². The highest BCUT2D eigenvalue weighted by atomic mass is 16.4. The number of hydrogen-bond acceptors (Lipinski definition) is 12. The van der Waals surface area contributed by atoms with Crippen LogP contribution in [-0.4, -0.2) is 74.9 Å². The minimum atomic E-state index is -1.21. The molecule has 0 spiro atoms. The number of carbonyl (C=O) groups excluding carboxylic acids is 4. The van der Waals surface area contributed by atoms with Gasteiger partial charge in [0, 0.05) is 11.4 Å². The van der Waals surface area contributed by atoms with Crippen molar-refractivity contribution in [3.63, 3.8) is 0 Å². The summed E-state index contributed by atoms with van der Waals surface area (Å²) >= 11 is 0. The molecule has 4 amide bonds. The third kappa shape index (κ3) is 8.96. The lowest BCUT2D eigenvalue weighted by atomic mass is 10.0. The van der Waals surface area contributed by atoms with E-state index in [1.54, 1.807) is 69.2 Å². The van der Waals surface area contributed by atoms with Gasteiger partial charge >= 0.3 is 11.9 Å². The Hall–Kier alpha value is -6.34. The van der Waals surface area contributed by atoms with E-state index in [-0.39, 0.29) is 92.8 Å². The summed E-state index contributed by atoms with van der Waals surface area (Å²) < 4.78 is 14.7. The average Bonchev–Trinajstić information content (AvgIpc) is 3.89. The Kier molecular flexibility index (Phi) is 13.0. The number of oxazole rings is 2. The number of aliphatic carboxylic acids is 2. The molecule has 5 rings (SSSR count). The smallest absolute Gasteiger partial charge is 0.323 e. The maximum absolute atomic E-state index is 14.1. The first-order chi connectivity index (χ1) is 28.0. The molecule has 6 N–H and O–H groups in total. The number of carboxylic acid groups (broad SMARTS) is 2. The number of amides is 4. The fraction of sp³-hybridized carbons (Fsp3) is 0.550. The van der Waals surface area contributed by atoms with Gasteiger partial charge < -0.3 is 49.4 Å². The van der Waals surface area contributed by atoms with Gasteiger partial charge in [0.1, 0.15) is 59.7 Å². The number of rotatable bonds is 8. The van der Waals surface area contributed by atoms with Crippen molar-refractivity contribution in [3.05, 3.63) is 69.1 Å². The fourth-order valence-corrected chi connectivity index (χ4v) is 7.13. The highest BCUT2D eigenvalue weighted by Gasteiger charge is 2.36. The zero-order valence-electron chi connectivity index (χ0n) is 35.9. The summed E-state index contributed by atoms with van der Waals surface area (Å²) in [5.74, 6) is -6.07. The standard InChI is InChI=1S/C40H54N10O10/c1-15(2)25-33-41-29(19(9)49(33)13-23(51)52)35(55)45-28(18(7)8)40-48-32(22(12)60-40)38(58)44-26(16(3)4)34-42-30(20(10)50(34)14-24(53)54)36(56)46-27(17(5)6)39-47-31(21(11)59-39)37(57)43-25/h15-18,25-28H,13-14H2,1-12H3,(H,43,57)(H,44,58)(H,45,55)(H,46,56)(H,51,52)(H,53,54)/t25-,26-,27-,28-/m0/s1. The Bertz CT molecular complexity index is 2170. The van der Waals surface area contributed by atoms with Crippen LogP contribution in [0.1, 0.15) is 168 Å². The van der Waals surface area contributed by atoms with E-state index in [0.717, 1.165) is 0 Å². The molecular formula is C40H54N10O10. The van der Waals surface area contributed by atoms with Crippen molar-refractivity contribution in [3.8, 4) is 0 Å². The summed E-state index contributed by atoms with van der Waals surface area (Å²) in [7, 11) is 0. The maximum atomic E-state index is 14.1. The quantitative estimate of drug-likeness (QED) is 0.145. The van der Waals surface area contributed by atoms with E-state index in [2.05, 4.69) is 41.2 Å². The Morgan fingerprint density at radius 3 is 1.08 bits per heavy atom. The molecule has 1 aliphatic rings. The van der Waals surface area contributed by atoms with Crippen molar-refractivity contribution in [2.24, 2.45) is 23.7 Å². The number of carbonyl (C=O) groups is 6. The van der Waals surface area contributed by atoms with E-state index in [4.69, 9.17) is 8.83 Å². The maximum Gasteiger partial charge on any atom is 0.323 e. The second kappa shape index (κ2) is 17.5. The number of aromatic nitrogens is 6. The van der Waals surface area contributed by atoms with Crippen LogP contribution in [0, 0.1) is 51.4 Å². The topological polar surface area (TPSA) is 279 Å². The van der Waals surface area contributed by atoms with Crippen LogP contribution < -0.4 is 21.3 Å². The molecule has 8 bridgehead atoms. The monoisotopic (exact) mass is 834 g/mol. The van der Waals surface area contributed by atoms with Gasteiger partial charge in [-0.15, -0.1) is 0 Å². The normalized spacial score (nSPS) is 19.3. The summed E-state index contributed by atoms with van der Waals surface area (Å²) in [4.78, 5) is 98.8. The zero-order valence-corrected chi connectivity index (χ0v) is 35.9. The van der Waals surface area contributed by atoms with E-state index >= 15 is 0 Å². The lowest BCUT2D eigenvalue weighted by molar-refractivity contribution is -0.138. The molecule has 0 saturated heterocycles. The first kappa shape index (κ1) is 44.8. The number of carboxylic acids is 2. The largest absolute Gasteiger partial charge is 0.480 e. The number of hydrogen-bond donors (Lipinski definition) is 6. The molecule has 5 heterocycles. The molecule has 0 radical (unpaired) electrons. The predicted octanol–water partition coefficient (Wildman–Crippen LogP) is 4.28. The van der Waals surface area contributed by atoms with Gasteiger partial charge in [-0.25, -0.2) is 19.9 Å². The molecule has 0 aromatic carbocycles. The van der Waals surface area contributed by atoms with Crippen LogP contribution in [0.2, 0.25) is 0 Å². The number of aryl methyl sites for hydroxylation is 2. The average molecular weight is 835 g/mol. The van der Waals surface area contributed by atoms with Crippen molar-refractivity contribution >= 4 is 35.6 Å². The Morgan fingerprint density at radius 2 is 0.800 bits per heavy atom. The summed E-state index contributed by atoms with van der Waals surface area (Å²) in [6.45, 7) is 19.4. The predicted molar refractivity (Wildman–Crippen MR) is 212 cm³/mol. The van der Waals surface area contributed by atoms with Crippen molar-refractivity contribution in [2.75, 3.05) is 0 Å². The van der Waals surface area contributed by atoms with Crippen LogP contribution in [0.4, 0.5) is 0 Å². The molecule has 4 aromatic rings. The van der Waals surface area contributed by atoms with Gasteiger partial charge in [0.05, 0.1) is 12.1 Å². The first-order valence-electron chi connectivity index (χ1n) is 19.8. The molecular weight excluding hydrogens is 780 g/mol. The zero-order chi connectivity index (χ0) is 44.7. The van der Waals surface area contributed by atoms with E-state index < -0.39 is 72.8 Å². The molecule has 0 saturated carbocycles. The molecule has 20 heteroatoms. The van der Waals surface area contributed by atoms with Crippen LogP contribution in [0.3, 0.4) is 0 Å². The van der Waals surface area contributed by atoms with Gasteiger partial charge in [-0.2, -0.15) is 0 Å². The SMILES string of the molecule is Cc1oc2nc1C(=O)N[C@@H](C(C)C)c1nc(c(C)n1CC(=O)O)C(=O)N[C@@H](C(C)C)c1nc(c(C)o1)C(=O)N[C@@H](C(C)C)c1nc(c(C)n1CC(=O)O)C(=O)N[C@H]2C(C)C. The van der Waals surface area contributed by atoms with Crippen molar-refractivity contribution in [1.29, 1.82) is 0 Å². The lowest BCUT2D eigenvalue weighted by Gasteiger charge is -2.23. The van der Waals surface area contributed by atoms with E-state index in [1.807, 2.05) is 0 Å². The van der Waals surface area contributed by atoms with Crippen LogP contribution >= 0.6 is 0 Å². The highest BCUT2D eigenvalue weighted by Crippen LogP contribution is 2.31. The lowest BCUT2D eigenvalue weighted by Crippen LogP contribution is -2.35. The Morgan fingerprint density at radius 1 is 0.517 bits per heavy atom. The minimum absolute atomic E-state index is 0.0101. The summed E-state index contributed by atoms with van der Waals surface area (Å²) in [6.07, 6.45) is 0. The van der Waals surface area contributed by atoms with Gasteiger partial charge in [-0.05, 0) is 51.4 Å². The number of imidazole rings is 2. The fourth-order valence-electron chi connectivity index (χ4n) is 7.13. The van der Waals surface area contributed by atoms with Crippen LogP contribution in [0.25, 0.3) is 0 Å². The first-order valence-corrected chi connectivity index (χ1v) is 19.8. The molecule has 20 nitrogen and oxygen atoms in total. The molecule has 4 atom stereocenters. The molecule has 60 heavy (non-hydrogen) atoms. The summed E-state index contributed by atoms with van der Waals surface area (Å²) in [5, 5.41) is 31.4. The second-order valence-electron chi connectivity index (χ2n) is 16.5. The van der Waals surface area contributed by atoms with Gasteiger partial charge in [0.15, 0.2) is 11.4 Å². The van der Waals surface area contributed by atoms with E-state index in [1.165, 1.54) is 23.0 Å². The highest BCUT2D eigenvalue weighted by molar-refractivity contribution is 5.96. The molecule has 0 fully saturated rings. The summed E-state index contributed by atoms with van der Waals surface area (Å²) in [5.41, 5.74) is 0.0305.